The lowest BCUT2D eigenvalue weighted by atomic mass is 9.87. The van der Waals surface area contributed by atoms with E-state index in [1.807, 2.05) is 24.3 Å². The van der Waals surface area contributed by atoms with Crippen molar-refractivity contribution in [2.24, 2.45) is 0 Å². The van der Waals surface area contributed by atoms with Crippen LogP contribution in [0.15, 0.2) is 71.8 Å². The Kier molecular flexibility index (Phi) is 11.3. The maximum absolute atomic E-state index is 12.6. The quantitative estimate of drug-likeness (QED) is 0.233. The molecule has 2 aromatic carbocycles. The van der Waals surface area contributed by atoms with Gasteiger partial charge in [-0.15, -0.1) is 0 Å². The minimum atomic E-state index is -5.08. The molecule has 0 atom stereocenters. The fourth-order valence-corrected chi connectivity index (χ4v) is 3.91. The molecule has 18 heteroatoms. The van der Waals surface area contributed by atoms with E-state index < -0.39 is 34.1 Å². The lowest BCUT2D eigenvalue weighted by Gasteiger charge is -2.18. The zero-order valence-corrected chi connectivity index (χ0v) is 25.1. The topological polar surface area (TPSA) is 168 Å². The van der Waals surface area contributed by atoms with Crippen LogP contribution in [0.2, 0.25) is 0 Å². The summed E-state index contributed by atoms with van der Waals surface area (Å²) in [6.45, 7) is 6.38. The molecule has 46 heavy (non-hydrogen) atoms. The van der Waals surface area contributed by atoms with Gasteiger partial charge in [-0.1, -0.05) is 45.0 Å². The SMILES string of the molecule is CC(C)(C)c1ccc(C(=O)Nc2cn3nc(-c4ccc(S(C)(=O)=O)cc4)ccc3n2)cc1.O=C(O)C(F)(F)F.O=C(O)C(F)(F)F. The second-order valence-electron chi connectivity index (χ2n) is 10.3. The zero-order valence-electron chi connectivity index (χ0n) is 24.3. The van der Waals surface area contributed by atoms with Crippen LogP contribution in [0.25, 0.3) is 16.9 Å². The van der Waals surface area contributed by atoms with E-state index in [1.54, 1.807) is 47.1 Å². The minimum absolute atomic E-state index is 0.0189. The second kappa shape index (κ2) is 14.0. The summed E-state index contributed by atoms with van der Waals surface area (Å²) in [6.07, 6.45) is -7.35. The number of amides is 1. The summed E-state index contributed by atoms with van der Waals surface area (Å²) in [5, 5.41) is 21.6. The maximum Gasteiger partial charge on any atom is 0.490 e. The first-order valence-corrected chi connectivity index (χ1v) is 14.5. The standard InChI is InChI=1S/C24H24N4O3S.2C2HF3O2/c1-24(2,3)18-9-5-17(6-10-18)23(29)26-21-15-28-22(25-21)14-13-20(27-28)16-7-11-19(12-8-16)32(4,30)31;2*3-2(4,5)1(6)7/h5-15H,1-4H3,(H,26,29);2*(H,6,7). The Morgan fingerprint density at radius 3 is 1.67 bits per heavy atom. The highest BCUT2D eigenvalue weighted by atomic mass is 32.2. The summed E-state index contributed by atoms with van der Waals surface area (Å²) in [7, 11) is -3.25. The molecule has 4 aromatic rings. The Morgan fingerprint density at radius 1 is 0.783 bits per heavy atom. The van der Waals surface area contributed by atoms with Gasteiger partial charge in [-0.3, -0.25) is 4.79 Å². The number of carboxylic acids is 2. The number of carbonyl (C=O) groups excluding carboxylic acids is 1. The molecule has 0 aliphatic heterocycles. The summed E-state index contributed by atoms with van der Waals surface area (Å²) in [6, 6.07) is 17.7. The normalized spacial score (nSPS) is 11.9. The van der Waals surface area contributed by atoms with Crippen molar-refractivity contribution in [3.8, 4) is 11.3 Å². The van der Waals surface area contributed by atoms with E-state index in [-0.39, 0.29) is 16.2 Å². The van der Waals surface area contributed by atoms with Crippen molar-refractivity contribution in [2.45, 2.75) is 43.4 Å². The van der Waals surface area contributed by atoms with Gasteiger partial charge in [0.1, 0.15) is 0 Å². The van der Waals surface area contributed by atoms with Crippen LogP contribution in [0.1, 0.15) is 36.7 Å². The van der Waals surface area contributed by atoms with Crippen molar-refractivity contribution in [2.75, 3.05) is 11.6 Å². The summed E-state index contributed by atoms with van der Waals surface area (Å²) in [5.74, 6) is -5.36. The average molecular weight is 677 g/mol. The van der Waals surface area contributed by atoms with E-state index in [4.69, 9.17) is 19.8 Å². The van der Waals surface area contributed by atoms with Crippen LogP contribution >= 0.6 is 0 Å². The van der Waals surface area contributed by atoms with Crippen LogP contribution in [-0.2, 0) is 24.8 Å². The highest BCUT2D eigenvalue weighted by molar-refractivity contribution is 7.90. The number of nitrogens with one attached hydrogen (secondary N) is 1. The molecule has 0 aliphatic rings. The zero-order chi connectivity index (χ0) is 35.3. The predicted octanol–water partition coefficient (Wildman–Crippen LogP) is 5.62. The molecule has 0 fully saturated rings. The van der Waals surface area contributed by atoms with Crippen molar-refractivity contribution < 1.29 is 59.4 Å². The molecule has 4 rings (SSSR count). The molecular weight excluding hydrogens is 650 g/mol. The summed E-state index contributed by atoms with van der Waals surface area (Å²) in [4.78, 5) is 35.1. The van der Waals surface area contributed by atoms with Gasteiger partial charge in [0, 0.05) is 17.4 Å². The third-order valence-electron chi connectivity index (χ3n) is 5.64. The number of fused-ring (bicyclic) bond motifs is 1. The number of anilines is 1. The first-order valence-electron chi connectivity index (χ1n) is 12.6. The fraction of sp³-hybridized carbons (Fsp3) is 0.250. The third-order valence-corrected chi connectivity index (χ3v) is 6.77. The van der Waals surface area contributed by atoms with Gasteiger partial charge in [0.05, 0.1) is 16.8 Å². The van der Waals surface area contributed by atoms with Gasteiger partial charge < -0.3 is 15.5 Å². The van der Waals surface area contributed by atoms with Gasteiger partial charge in [-0.2, -0.15) is 31.4 Å². The van der Waals surface area contributed by atoms with Crippen LogP contribution in [-0.4, -0.2) is 69.7 Å². The summed E-state index contributed by atoms with van der Waals surface area (Å²) in [5.41, 5.74) is 3.74. The minimum Gasteiger partial charge on any atom is -0.475 e. The number of sulfone groups is 1. The van der Waals surface area contributed by atoms with E-state index in [0.29, 0.717) is 22.7 Å². The maximum atomic E-state index is 12.6. The van der Waals surface area contributed by atoms with Crippen LogP contribution in [0.3, 0.4) is 0 Å². The lowest BCUT2D eigenvalue weighted by molar-refractivity contribution is -0.193. The number of halogens is 6. The number of aromatic nitrogens is 3. The number of carboxylic acid groups (broad SMARTS) is 2. The van der Waals surface area contributed by atoms with Crippen molar-refractivity contribution in [1.29, 1.82) is 0 Å². The van der Waals surface area contributed by atoms with E-state index >= 15 is 0 Å². The van der Waals surface area contributed by atoms with E-state index in [2.05, 4.69) is 36.2 Å². The number of hydrogen-bond acceptors (Lipinski definition) is 7. The van der Waals surface area contributed by atoms with Gasteiger partial charge in [0.25, 0.3) is 5.91 Å². The van der Waals surface area contributed by atoms with Crippen LogP contribution in [0, 0.1) is 0 Å². The smallest absolute Gasteiger partial charge is 0.475 e. The second-order valence-corrected chi connectivity index (χ2v) is 12.3. The first-order chi connectivity index (χ1) is 20.9. The predicted molar refractivity (Wildman–Crippen MR) is 152 cm³/mol. The molecular formula is C28H26F6N4O7S. The third kappa shape index (κ3) is 10.9. The van der Waals surface area contributed by atoms with Gasteiger partial charge in [-0.25, -0.2) is 27.5 Å². The van der Waals surface area contributed by atoms with Crippen LogP contribution in [0.5, 0.6) is 0 Å². The van der Waals surface area contributed by atoms with Gasteiger partial charge in [-0.05, 0) is 47.4 Å². The van der Waals surface area contributed by atoms with E-state index in [9.17, 15) is 39.6 Å². The molecule has 0 unspecified atom stereocenters. The Hall–Kier alpha value is -5.00. The van der Waals surface area contributed by atoms with Crippen molar-refractivity contribution in [3.63, 3.8) is 0 Å². The largest absolute Gasteiger partial charge is 0.490 e. The number of hydrogen-bond donors (Lipinski definition) is 3. The number of aliphatic carboxylic acids is 2. The summed E-state index contributed by atoms with van der Waals surface area (Å²) < 4.78 is 88.3. The molecule has 0 aliphatic carbocycles. The Labute approximate surface area is 257 Å². The molecule has 0 saturated carbocycles. The summed E-state index contributed by atoms with van der Waals surface area (Å²) >= 11 is 0. The molecule has 248 valence electrons. The average Bonchev–Trinajstić information content (AvgIpc) is 3.33. The van der Waals surface area contributed by atoms with E-state index in [0.717, 1.165) is 11.1 Å². The number of imidazole rings is 1. The van der Waals surface area contributed by atoms with Crippen molar-refractivity contribution >= 4 is 39.1 Å². The van der Waals surface area contributed by atoms with E-state index in [1.165, 1.54) is 6.26 Å². The Bertz CT molecular complexity index is 1790. The molecule has 1 amide bonds. The Morgan fingerprint density at radius 2 is 1.26 bits per heavy atom. The molecule has 3 N–H and O–H groups in total. The lowest BCUT2D eigenvalue weighted by Crippen LogP contribution is -2.21. The fourth-order valence-electron chi connectivity index (χ4n) is 3.28. The molecule has 2 heterocycles. The number of alkyl halides is 6. The molecule has 0 bridgehead atoms. The number of carbonyl (C=O) groups is 3. The van der Waals surface area contributed by atoms with Gasteiger partial charge in [0.15, 0.2) is 21.3 Å². The first kappa shape index (κ1) is 37.2. The number of benzene rings is 2. The van der Waals surface area contributed by atoms with Crippen LogP contribution < -0.4 is 5.32 Å². The molecule has 0 radical (unpaired) electrons. The highest BCUT2D eigenvalue weighted by Crippen LogP contribution is 2.23. The molecule has 11 nitrogen and oxygen atoms in total. The number of rotatable bonds is 4. The monoisotopic (exact) mass is 676 g/mol. The van der Waals surface area contributed by atoms with Crippen molar-refractivity contribution in [3.05, 3.63) is 78.0 Å². The molecule has 0 saturated heterocycles. The molecule has 2 aromatic heterocycles. The van der Waals surface area contributed by atoms with Gasteiger partial charge >= 0.3 is 24.3 Å². The van der Waals surface area contributed by atoms with Crippen LogP contribution in [0.4, 0.5) is 32.2 Å². The van der Waals surface area contributed by atoms with Gasteiger partial charge in [0.2, 0.25) is 0 Å². The highest BCUT2D eigenvalue weighted by Gasteiger charge is 2.38. The Balaban J connectivity index is 0.000000440. The number of nitrogens with zero attached hydrogens (tertiary/aromatic N) is 3. The molecule has 0 spiro atoms. The van der Waals surface area contributed by atoms with Crippen molar-refractivity contribution in [1.82, 2.24) is 14.6 Å².